The minimum Gasteiger partial charge on any atom is -0.469 e. The van der Waals surface area contributed by atoms with E-state index in [0.29, 0.717) is 18.7 Å². The van der Waals surface area contributed by atoms with E-state index in [-0.39, 0.29) is 36.9 Å². The molecule has 0 saturated heterocycles. The molecule has 0 aliphatic heterocycles. The van der Waals surface area contributed by atoms with Crippen LogP contribution in [0.5, 0.6) is 0 Å². The van der Waals surface area contributed by atoms with Crippen LogP contribution in [0.1, 0.15) is 41.6 Å². The van der Waals surface area contributed by atoms with E-state index in [9.17, 15) is 14.4 Å². The van der Waals surface area contributed by atoms with E-state index < -0.39 is 0 Å². The van der Waals surface area contributed by atoms with E-state index >= 15 is 0 Å². The molecule has 1 rings (SSSR count). The van der Waals surface area contributed by atoms with Crippen molar-refractivity contribution < 1.29 is 19.1 Å². The average Bonchev–Trinajstić information content (AvgIpc) is 2.62. The molecule has 0 fully saturated rings. The number of Topliss-reactive ketones (excluding diaryl/α,β-unsaturated/α-hetero) is 1. The smallest absolute Gasteiger partial charge is 0.307 e. The number of benzene rings is 1. The summed E-state index contributed by atoms with van der Waals surface area (Å²) in [6.07, 6.45) is 1.29. The number of ether oxygens (including phenoxy) is 1. The van der Waals surface area contributed by atoms with Gasteiger partial charge in [-0.2, -0.15) is 0 Å². The second-order valence-corrected chi connectivity index (χ2v) is 6.65. The summed E-state index contributed by atoms with van der Waals surface area (Å²) in [6.45, 7) is 3.69. The van der Waals surface area contributed by atoms with Gasteiger partial charge in [-0.1, -0.05) is 29.8 Å². The summed E-state index contributed by atoms with van der Waals surface area (Å²) >= 11 is 0. The Hall–Kier alpha value is -2.21. The Bertz CT molecular complexity index is 596. The zero-order valence-electron chi connectivity index (χ0n) is 16.3. The number of ketones is 1. The van der Waals surface area contributed by atoms with E-state index in [4.69, 9.17) is 0 Å². The predicted molar refractivity (Wildman–Crippen MR) is 101 cm³/mol. The van der Waals surface area contributed by atoms with Crippen LogP contribution in [0.4, 0.5) is 0 Å². The fourth-order valence-electron chi connectivity index (χ4n) is 2.53. The first kappa shape index (κ1) is 21.8. The molecule has 0 aliphatic carbocycles. The number of rotatable bonds is 11. The van der Waals surface area contributed by atoms with Crippen molar-refractivity contribution in [1.82, 2.24) is 9.80 Å². The first-order valence-electron chi connectivity index (χ1n) is 8.92. The summed E-state index contributed by atoms with van der Waals surface area (Å²) in [5, 5.41) is 0. The van der Waals surface area contributed by atoms with Crippen LogP contribution in [0, 0.1) is 6.92 Å². The van der Waals surface area contributed by atoms with Gasteiger partial charge in [0.1, 0.15) is 0 Å². The molecule has 6 heteroatoms. The second kappa shape index (κ2) is 11.4. The first-order chi connectivity index (χ1) is 12.3. The molecule has 0 radical (unpaired) electrons. The third-order valence-electron chi connectivity index (χ3n) is 4.14. The van der Waals surface area contributed by atoms with Crippen LogP contribution >= 0.6 is 0 Å². The monoisotopic (exact) mass is 362 g/mol. The molecule has 0 spiro atoms. The van der Waals surface area contributed by atoms with Gasteiger partial charge in [0.2, 0.25) is 5.91 Å². The van der Waals surface area contributed by atoms with Crippen molar-refractivity contribution in [3.8, 4) is 0 Å². The maximum absolute atomic E-state index is 12.5. The van der Waals surface area contributed by atoms with E-state index in [1.165, 1.54) is 7.11 Å². The summed E-state index contributed by atoms with van der Waals surface area (Å²) in [5.41, 5.74) is 1.71. The molecule has 144 valence electrons. The molecule has 1 amide bonds. The third-order valence-corrected chi connectivity index (χ3v) is 4.14. The van der Waals surface area contributed by atoms with Crippen molar-refractivity contribution in [3.05, 3.63) is 35.4 Å². The van der Waals surface area contributed by atoms with E-state index in [1.807, 2.05) is 38.1 Å². The lowest BCUT2D eigenvalue weighted by atomic mass is 10.0. The van der Waals surface area contributed by atoms with Crippen molar-refractivity contribution in [2.45, 2.75) is 32.6 Å². The highest BCUT2D eigenvalue weighted by Gasteiger charge is 2.17. The quantitative estimate of drug-likeness (QED) is 0.446. The summed E-state index contributed by atoms with van der Waals surface area (Å²) in [6, 6.07) is 7.35. The van der Waals surface area contributed by atoms with Crippen molar-refractivity contribution >= 4 is 17.7 Å². The highest BCUT2D eigenvalue weighted by atomic mass is 16.5. The van der Waals surface area contributed by atoms with Crippen LogP contribution in [-0.4, -0.2) is 68.3 Å². The minimum atomic E-state index is -0.342. The molecule has 6 nitrogen and oxygen atoms in total. The molecule has 26 heavy (non-hydrogen) atoms. The molecule has 0 atom stereocenters. The van der Waals surface area contributed by atoms with Gasteiger partial charge in [0.05, 0.1) is 13.5 Å². The van der Waals surface area contributed by atoms with Crippen LogP contribution < -0.4 is 0 Å². The number of hydrogen-bond donors (Lipinski definition) is 0. The molecular formula is C20H30N2O4. The molecule has 1 aromatic rings. The molecule has 0 saturated carbocycles. The molecule has 0 N–H and O–H groups in total. The van der Waals surface area contributed by atoms with Gasteiger partial charge in [-0.15, -0.1) is 0 Å². The third kappa shape index (κ3) is 8.25. The van der Waals surface area contributed by atoms with Gasteiger partial charge in [0.25, 0.3) is 0 Å². The fraction of sp³-hybridized carbons (Fsp3) is 0.550. The standard InChI is InChI=1S/C20H30N2O4/c1-16-6-8-17(9-7-16)18(23)10-11-19(24)22(14-5-13-21(2)3)15-12-20(25)26-4/h6-9H,5,10-15H2,1-4H3. The van der Waals surface area contributed by atoms with Crippen LogP contribution in [0.15, 0.2) is 24.3 Å². The number of carbonyl (C=O) groups excluding carboxylic acids is 3. The predicted octanol–water partition coefficient (Wildman–Crippen LogP) is 2.30. The number of methoxy groups -OCH3 is 1. The van der Waals surface area contributed by atoms with Crippen LogP contribution in [0.3, 0.4) is 0 Å². The second-order valence-electron chi connectivity index (χ2n) is 6.65. The highest BCUT2D eigenvalue weighted by molar-refractivity contribution is 5.98. The maximum atomic E-state index is 12.5. The average molecular weight is 362 g/mol. The van der Waals surface area contributed by atoms with E-state index in [1.54, 1.807) is 17.0 Å². The molecule has 0 aliphatic rings. The first-order valence-corrected chi connectivity index (χ1v) is 8.92. The summed E-state index contributed by atoms with van der Waals surface area (Å²) in [7, 11) is 5.28. The lowest BCUT2D eigenvalue weighted by molar-refractivity contribution is -0.141. The summed E-state index contributed by atoms with van der Waals surface area (Å²) in [5.74, 6) is -0.487. The normalized spacial score (nSPS) is 10.7. The number of carbonyl (C=O) groups is 3. The number of nitrogens with zero attached hydrogens (tertiary/aromatic N) is 2. The molecule has 1 aromatic carbocycles. The SMILES string of the molecule is COC(=O)CCN(CCCN(C)C)C(=O)CCC(=O)c1ccc(C)cc1. The Morgan fingerprint density at radius 1 is 0.923 bits per heavy atom. The van der Waals surface area contributed by atoms with Gasteiger partial charge in [0, 0.05) is 31.5 Å². The Morgan fingerprint density at radius 3 is 2.15 bits per heavy atom. The Kier molecular flexibility index (Phi) is 9.58. The lowest BCUT2D eigenvalue weighted by Gasteiger charge is -2.23. The number of hydrogen-bond acceptors (Lipinski definition) is 5. The summed E-state index contributed by atoms with van der Waals surface area (Å²) in [4.78, 5) is 39.8. The van der Waals surface area contributed by atoms with E-state index in [0.717, 1.165) is 18.5 Å². The Balaban J connectivity index is 2.57. The van der Waals surface area contributed by atoms with Crippen LogP contribution in [-0.2, 0) is 14.3 Å². The fourth-order valence-corrected chi connectivity index (χ4v) is 2.53. The largest absolute Gasteiger partial charge is 0.469 e. The van der Waals surface area contributed by atoms with Crippen molar-refractivity contribution in [1.29, 1.82) is 0 Å². The van der Waals surface area contributed by atoms with Crippen molar-refractivity contribution in [2.24, 2.45) is 0 Å². The van der Waals surface area contributed by atoms with Crippen LogP contribution in [0.25, 0.3) is 0 Å². The minimum absolute atomic E-state index is 0.0421. The number of esters is 1. The highest BCUT2D eigenvalue weighted by Crippen LogP contribution is 2.09. The lowest BCUT2D eigenvalue weighted by Crippen LogP contribution is -2.35. The van der Waals surface area contributed by atoms with Gasteiger partial charge < -0.3 is 14.5 Å². The number of aryl methyl sites for hydroxylation is 1. The number of amides is 1. The van der Waals surface area contributed by atoms with Crippen molar-refractivity contribution in [2.75, 3.05) is 40.8 Å². The zero-order chi connectivity index (χ0) is 19.5. The maximum Gasteiger partial charge on any atom is 0.307 e. The van der Waals surface area contributed by atoms with Crippen LogP contribution in [0.2, 0.25) is 0 Å². The van der Waals surface area contributed by atoms with E-state index in [2.05, 4.69) is 4.74 Å². The molecule has 0 heterocycles. The van der Waals surface area contributed by atoms with Gasteiger partial charge in [-0.05, 0) is 34.0 Å². The van der Waals surface area contributed by atoms with Gasteiger partial charge in [-0.25, -0.2) is 0 Å². The van der Waals surface area contributed by atoms with Gasteiger partial charge in [-0.3, -0.25) is 14.4 Å². The molecule has 0 bridgehead atoms. The summed E-state index contributed by atoms with van der Waals surface area (Å²) < 4.78 is 4.65. The Morgan fingerprint density at radius 2 is 1.58 bits per heavy atom. The molecule has 0 aromatic heterocycles. The van der Waals surface area contributed by atoms with Gasteiger partial charge in [0.15, 0.2) is 5.78 Å². The topological polar surface area (TPSA) is 66.9 Å². The Labute approximate surface area is 156 Å². The van der Waals surface area contributed by atoms with Gasteiger partial charge >= 0.3 is 5.97 Å². The molecular weight excluding hydrogens is 332 g/mol. The zero-order valence-corrected chi connectivity index (χ0v) is 16.3. The molecule has 0 unspecified atom stereocenters. The van der Waals surface area contributed by atoms with Crippen molar-refractivity contribution in [3.63, 3.8) is 0 Å².